The average Bonchev–Trinajstić information content (AvgIpc) is 2.45. The van der Waals surface area contributed by atoms with Crippen molar-refractivity contribution < 1.29 is 17.6 Å². The number of sulfonamides is 1. The van der Waals surface area contributed by atoms with Crippen LogP contribution >= 0.6 is 0 Å². The molecule has 0 heterocycles. The lowest BCUT2D eigenvalue weighted by atomic mass is 10.2. The van der Waals surface area contributed by atoms with E-state index in [-0.39, 0.29) is 29.9 Å². The van der Waals surface area contributed by atoms with E-state index in [4.69, 9.17) is 0 Å². The van der Waals surface area contributed by atoms with E-state index < -0.39 is 15.8 Å². The molecule has 22 heavy (non-hydrogen) atoms. The maximum Gasteiger partial charge on any atom is 0.243 e. The summed E-state index contributed by atoms with van der Waals surface area (Å²) in [4.78, 5) is 11.9. The Bertz CT molecular complexity index is 587. The van der Waals surface area contributed by atoms with Crippen LogP contribution < -0.4 is 5.32 Å². The number of halogens is 1. The van der Waals surface area contributed by atoms with Crippen molar-refractivity contribution in [3.05, 3.63) is 30.1 Å². The molecule has 5 nitrogen and oxygen atoms in total. The fourth-order valence-corrected chi connectivity index (χ4v) is 3.51. The lowest BCUT2D eigenvalue weighted by Crippen LogP contribution is -2.43. The number of rotatable bonds is 8. The molecule has 0 spiro atoms. The van der Waals surface area contributed by atoms with Crippen LogP contribution in [-0.4, -0.2) is 37.8 Å². The quantitative estimate of drug-likeness (QED) is 0.794. The van der Waals surface area contributed by atoms with Crippen LogP contribution in [-0.2, 0) is 14.8 Å². The first-order valence-corrected chi connectivity index (χ1v) is 8.80. The van der Waals surface area contributed by atoms with Gasteiger partial charge in [0.15, 0.2) is 0 Å². The van der Waals surface area contributed by atoms with E-state index in [1.54, 1.807) is 6.92 Å². The highest BCUT2D eigenvalue weighted by Gasteiger charge is 2.25. The van der Waals surface area contributed by atoms with E-state index >= 15 is 0 Å². The van der Waals surface area contributed by atoms with Gasteiger partial charge in [0.25, 0.3) is 0 Å². The van der Waals surface area contributed by atoms with Crippen molar-refractivity contribution in [1.82, 2.24) is 9.62 Å². The van der Waals surface area contributed by atoms with Crippen molar-refractivity contribution in [2.24, 2.45) is 0 Å². The summed E-state index contributed by atoms with van der Waals surface area (Å²) in [7, 11) is -3.81. The molecule has 1 aromatic rings. The van der Waals surface area contributed by atoms with Crippen LogP contribution in [0.2, 0.25) is 0 Å². The van der Waals surface area contributed by atoms with Crippen molar-refractivity contribution >= 4 is 15.9 Å². The van der Waals surface area contributed by atoms with E-state index in [1.165, 1.54) is 12.1 Å². The molecule has 0 saturated carbocycles. The van der Waals surface area contributed by atoms with Crippen LogP contribution in [0.1, 0.15) is 33.6 Å². The van der Waals surface area contributed by atoms with Gasteiger partial charge in [-0.25, -0.2) is 12.8 Å². The van der Waals surface area contributed by atoms with Crippen molar-refractivity contribution in [2.75, 3.05) is 13.1 Å². The molecule has 0 aliphatic heterocycles. The van der Waals surface area contributed by atoms with Crippen molar-refractivity contribution in [2.45, 2.75) is 44.6 Å². The van der Waals surface area contributed by atoms with Gasteiger partial charge in [-0.3, -0.25) is 4.79 Å². The Morgan fingerprint density at radius 3 is 2.36 bits per heavy atom. The molecule has 1 N–H and O–H groups in total. The minimum absolute atomic E-state index is 0.00438. The van der Waals surface area contributed by atoms with Gasteiger partial charge in [0.05, 0.1) is 11.4 Å². The maximum atomic E-state index is 12.9. The molecule has 1 amide bonds. The predicted molar refractivity (Wildman–Crippen MR) is 83.3 cm³/mol. The van der Waals surface area contributed by atoms with Crippen LogP contribution in [0, 0.1) is 5.82 Å². The van der Waals surface area contributed by atoms with E-state index in [0.29, 0.717) is 0 Å². The molecule has 1 atom stereocenters. The zero-order valence-corrected chi connectivity index (χ0v) is 14.0. The Hall–Kier alpha value is -1.47. The third-order valence-electron chi connectivity index (χ3n) is 3.25. The number of benzene rings is 1. The molecule has 0 saturated heterocycles. The van der Waals surface area contributed by atoms with Crippen LogP contribution in [0.15, 0.2) is 29.2 Å². The van der Waals surface area contributed by atoms with E-state index in [0.717, 1.165) is 29.3 Å². The smallest absolute Gasteiger partial charge is 0.243 e. The van der Waals surface area contributed by atoms with Crippen LogP contribution in [0.25, 0.3) is 0 Å². The van der Waals surface area contributed by atoms with Gasteiger partial charge in [-0.1, -0.05) is 20.3 Å². The van der Waals surface area contributed by atoms with Crippen molar-refractivity contribution in [3.8, 4) is 0 Å². The first-order chi connectivity index (χ1) is 10.3. The molecule has 0 radical (unpaired) electrons. The lowest BCUT2D eigenvalue weighted by molar-refractivity contribution is -0.121. The maximum absolute atomic E-state index is 12.9. The minimum atomic E-state index is -3.81. The second-order valence-electron chi connectivity index (χ2n) is 5.14. The summed E-state index contributed by atoms with van der Waals surface area (Å²) in [5, 5.41) is 2.77. The molecule has 1 aromatic carbocycles. The van der Waals surface area contributed by atoms with Gasteiger partial charge in [-0.15, -0.1) is 0 Å². The van der Waals surface area contributed by atoms with Gasteiger partial charge in [0.2, 0.25) is 15.9 Å². The molecule has 0 unspecified atom stereocenters. The summed E-state index contributed by atoms with van der Waals surface area (Å²) in [5.74, 6) is -0.846. The van der Waals surface area contributed by atoms with Gasteiger partial charge < -0.3 is 5.32 Å². The van der Waals surface area contributed by atoms with E-state index in [1.807, 2.05) is 13.8 Å². The molecule has 1 rings (SSSR count). The number of likely N-dealkylation sites (N-methyl/N-ethyl adjacent to an activating group) is 1. The lowest BCUT2D eigenvalue weighted by Gasteiger charge is -2.21. The molecule has 7 heteroatoms. The first-order valence-electron chi connectivity index (χ1n) is 7.36. The standard InChI is InChI=1S/C15H23FN2O3S/c1-4-6-12(3)17-15(19)11-18(5-2)22(20,21)14-9-7-13(16)8-10-14/h7-10,12H,4-6,11H2,1-3H3,(H,17,19)/t12-/m1/s1. The van der Waals surface area contributed by atoms with Gasteiger partial charge in [0, 0.05) is 12.6 Å². The first kappa shape index (κ1) is 18.6. The minimum Gasteiger partial charge on any atom is -0.353 e. The molecule has 124 valence electrons. The highest BCUT2D eigenvalue weighted by atomic mass is 32.2. The predicted octanol–water partition coefficient (Wildman–Crippen LogP) is 2.14. The number of carbonyl (C=O) groups excluding carboxylic acids is 1. The van der Waals surface area contributed by atoms with Gasteiger partial charge in [0.1, 0.15) is 5.82 Å². The molecule has 0 bridgehead atoms. The number of amides is 1. The fraction of sp³-hybridized carbons (Fsp3) is 0.533. The summed E-state index contributed by atoms with van der Waals surface area (Å²) in [6.07, 6.45) is 1.77. The topological polar surface area (TPSA) is 66.5 Å². The van der Waals surface area contributed by atoms with E-state index in [9.17, 15) is 17.6 Å². The monoisotopic (exact) mass is 330 g/mol. The summed E-state index contributed by atoms with van der Waals surface area (Å²) in [6, 6.07) is 4.58. The molecule has 0 aromatic heterocycles. The Kier molecular flexibility index (Phi) is 6.96. The zero-order chi connectivity index (χ0) is 16.8. The van der Waals surface area contributed by atoms with Gasteiger partial charge >= 0.3 is 0 Å². The average molecular weight is 330 g/mol. The van der Waals surface area contributed by atoms with Crippen LogP contribution in [0.3, 0.4) is 0 Å². The second-order valence-corrected chi connectivity index (χ2v) is 7.08. The molecule has 0 aliphatic rings. The highest BCUT2D eigenvalue weighted by molar-refractivity contribution is 7.89. The normalized spacial score (nSPS) is 13.1. The van der Waals surface area contributed by atoms with E-state index in [2.05, 4.69) is 5.32 Å². The summed E-state index contributed by atoms with van der Waals surface area (Å²) in [6.45, 7) is 5.47. The highest BCUT2D eigenvalue weighted by Crippen LogP contribution is 2.15. The van der Waals surface area contributed by atoms with Gasteiger partial charge in [-0.05, 0) is 37.6 Å². The SMILES string of the molecule is CCC[C@@H](C)NC(=O)CN(CC)S(=O)(=O)c1ccc(F)cc1. The number of hydrogen-bond acceptors (Lipinski definition) is 3. The molecular weight excluding hydrogens is 307 g/mol. The number of carbonyl (C=O) groups is 1. The molecular formula is C15H23FN2O3S. The fourth-order valence-electron chi connectivity index (χ4n) is 2.11. The molecule has 0 fully saturated rings. The largest absolute Gasteiger partial charge is 0.353 e. The van der Waals surface area contributed by atoms with Crippen molar-refractivity contribution in [3.63, 3.8) is 0 Å². The summed E-state index contributed by atoms with van der Waals surface area (Å²) < 4.78 is 38.9. The van der Waals surface area contributed by atoms with Crippen molar-refractivity contribution in [1.29, 1.82) is 0 Å². The Labute approximate surface area is 131 Å². The summed E-state index contributed by atoms with van der Waals surface area (Å²) in [5.41, 5.74) is 0. The Morgan fingerprint density at radius 1 is 1.27 bits per heavy atom. The third-order valence-corrected chi connectivity index (χ3v) is 5.19. The van der Waals surface area contributed by atoms with Crippen LogP contribution in [0.5, 0.6) is 0 Å². The summed E-state index contributed by atoms with van der Waals surface area (Å²) >= 11 is 0. The second kappa shape index (κ2) is 8.24. The van der Waals surface area contributed by atoms with Crippen LogP contribution in [0.4, 0.5) is 4.39 Å². The molecule has 0 aliphatic carbocycles. The number of nitrogens with zero attached hydrogens (tertiary/aromatic N) is 1. The van der Waals surface area contributed by atoms with Gasteiger partial charge in [-0.2, -0.15) is 4.31 Å². The number of nitrogens with one attached hydrogen (secondary N) is 1. The zero-order valence-electron chi connectivity index (χ0n) is 13.2. The number of hydrogen-bond donors (Lipinski definition) is 1. The third kappa shape index (κ3) is 5.06. The Balaban J connectivity index is 2.82. The Morgan fingerprint density at radius 2 is 1.86 bits per heavy atom.